The van der Waals surface area contributed by atoms with E-state index in [0.717, 1.165) is 24.2 Å². The number of aryl methyl sites for hydroxylation is 2. The molecule has 1 saturated carbocycles. The van der Waals surface area contributed by atoms with Crippen molar-refractivity contribution in [2.75, 3.05) is 0 Å². The summed E-state index contributed by atoms with van der Waals surface area (Å²) >= 11 is 0. The Kier molecular flexibility index (Phi) is 3.94. The fourth-order valence-electron chi connectivity index (χ4n) is 2.46. The zero-order valence-corrected chi connectivity index (χ0v) is 12.1. The van der Waals surface area contributed by atoms with Gasteiger partial charge < -0.3 is 5.32 Å². The standard InChI is InChI=1S/C15H19N5O/c1-20-15(17-10-18-20)14(12-5-6-12)19-13(21)7-4-11-3-2-8-16-9-11/h2-3,8-10,12,14H,4-7H2,1H3,(H,19,21)/t14-/m1/s1. The van der Waals surface area contributed by atoms with Gasteiger partial charge in [0.15, 0.2) is 0 Å². The second-order valence-electron chi connectivity index (χ2n) is 5.49. The van der Waals surface area contributed by atoms with Crippen LogP contribution in [0.4, 0.5) is 0 Å². The summed E-state index contributed by atoms with van der Waals surface area (Å²) in [6, 6.07) is 3.86. The molecule has 6 nitrogen and oxygen atoms in total. The molecule has 1 N–H and O–H groups in total. The fourth-order valence-corrected chi connectivity index (χ4v) is 2.46. The molecule has 2 heterocycles. The van der Waals surface area contributed by atoms with E-state index in [1.807, 2.05) is 19.2 Å². The minimum absolute atomic E-state index is 0.0149. The van der Waals surface area contributed by atoms with E-state index in [1.165, 1.54) is 6.33 Å². The van der Waals surface area contributed by atoms with Gasteiger partial charge in [0, 0.05) is 25.9 Å². The minimum Gasteiger partial charge on any atom is -0.346 e. The first-order valence-corrected chi connectivity index (χ1v) is 7.26. The Hall–Kier alpha value is -2.24. The van der Waals surface area contributed by atoms with Crippen molar-refractivity contribution >= 4 is 5.91 Å². The molecule has 1 atom stereocenters. The first-order chi connectivity index (χ1) is 10.2. The molecule has 1 amide bonds. The Labute approximate surface area is 123 Å². The van der Waals surface area contributed by atoms with Gasteiger partial charge >= 0.3 is 0 Å². The molecule has 0 spiro atoms. The molecule has 1 fully saturated rings. The number of aromatic nitrogens is 4. The second-order valence-corrected chi connectivity index (χ2v) is 5.49. The van der Waals surface area contributed by atoms with Crippen molar-refractivity contribution in [1.29, 1.82) is 0 Å². The van der Waals surface area contributed by atoms with Gasteiger partial charge in [-0.3, -0.25) is 14.5 Å². The van der Waals surface area contributed by atoms with E-state index in [1.54, 1.807) is 17.1 Å². The fraction of sp³-hybridized carbons (Fsp3) is 0.467. The van der Waals surface area contributed by atoms with Crippen LogP contribution in [0.15, 0.2) is 30.9 Å². The predicted octanol–water partition coefficient (Wildman–Crippen LogP) is 1.41. The Bertz CT molecular complexity index is 606. The second kappa shape index (κ2) is 6.03. The molecule has 21 heavy (non-hydrogen) atoms. The van der Waals surface area contributed by atoms with E-state index >= 15 is 0 Å². The third kappa shape index (κ3) is 3.45. The van der Waals surface area contributed by atoms with Gasteiger partial charge in [-0.2, -0.15) is 5.10 Å². The van der Waals surface area contributed by atoms with Crippen molar-refractivity contribution in [3.05, 3.63) is 42.2 Å². The summed E-state index contributed by atoms with van der Waals surface area (Å²) in [6.45, 7) is 0. The summed E-state index contributed by atoms with van der Waals surface area (Å²) in [4.78, 5) is 20.5. The third-order valence-corrected chi connectivity index (χ3v) is 3.80. The number of carbonyl (C=O) groups is 1. The molecule has 0 bridgehead atoms. The average molecular weight is 285 g/mol. The van der Waals surface area contributed by atoms with Gasteiger partial charge in [-0.15, -0.1) is 0 Å². The summed E-state index contributed by atoms with van der Waals surface area (Å²) in [5.41, 5.74) is 1.08. The van der Waals surface area contributed by atoms with Crippen molar-refractivity contribution in [3.8, 4) is 0 Å². The number of nitrogens with zero attached hydrogens (tertiary/aromatic N) is 4. The van der Waals surface area contributed by atoms with Gasteiger partial charge in [-0.05, 0) is 36.8 Å². The molecule has 110 valence electrons. The van der Waals surface area contributed by atoms with Gasteiger partial charge in [0.05, 0.1) is 6.04 Å². The van der Waals surface area contributed by atoms with Crippen molar-refractivity contribution in [3.63, 3.8) is 0 Å². The van der Waals surface area contributed by atoms with Crippen LogP contribution in [0.1, 0.15) is 36.7 Å². The number of hydrogen-bond donors (Lipinski definition) is 1. The topological polar surface area (TPSA) is 72.7 Å². The van der Waals surface area contributed by atoms with E-state index in [4.69, 9.17) is 0 Å². The van der Waals surface area contributed by atoms with Gasteiger partial charge in [0.1, 0.15) is 12.2 Å². The Morgan fingerprint density at radius 3 is 3.00 bits per heavy atom. The lowest BCUT2D eigenvalue weighted by Crippen LogP contribution is -2.32. The van der Waals surface area contributed by atoms with Crippen LogP contribution in [-0.2, 0) is 18.3 Å². The zero-order valence-electron chi connectivity index (χ0n) is 12.1. The number of hydrogen-bond acceptors (Lipinski definition) is 4. The number of amides is 1. The molecular weight excluding hydrogens is 266 g/mol. The molecular formula is C15H19N5O. The molecule has 3 rings (SSSR count). The molecule has 0 radical (unpaired) electrons. The molecule has 0 aromatic carbocycles. The van der Waals surface area contributed by atoms with Crippen LogP contribution in [-0.4, -0.2) is 25.7 Å². The number of carbonyl (C=O) groups excluding carboxylic acids is 1. The molecule has 0 unspecified atom stereocenters. The highest BCUT2D eigenvalue weighted by Crippen LogP contribution is 2.40. The van der Waals surface area contributed by atoms with Crippen LogP contribution >= 0.6 is 0 Å². The maximum absolute atomic E-state index is 12.2. The summed E-state index contributed by atoms with van der Waals surface area (Å²) in [7, 11) is 1.86. The molecule has 0 aliphatic heterocycles. The smallest absolute Gasteiger partial charge is 0.220 e. The van der Waals surface area contributed by atoms with Crippen LogP contribution in [0.25, 0.3) is 0 Å². The Balaban J connectivity index is 1.59. The Morgan fingerprint density at radius 2 is 2.38 bits per heavy atom. The lowest BCUT2D eigenvalue weighted by Gasteiger charge is -2.17. The molecule has 6 heteroatoms. The summed E-state index contributed by atoms with van der Waals surface area (Å²) < 4.78 is 1.74. The van der Waals surface area contributed by atoms with Gasteiger partial charge in [0.25, 0.3) is 0 Å². The van der Waals surface area contributed by atoms with Gasteiger partial charge in [-0.25, -0.2) is 4.98 Å². The zero-order chi connectivity index (χ0) is 14.7. The van der Waals surface area contributed by atoms with Crippen LogP contribution in [0, 0.1) is 5.92 Å². The van der Waals surface area contributed by atoms with E-state index in [9.17, 15) is 4.79 Å². The maximum atomic E-state index is 12.2. The molecule has 2 aromatic heterocycles. The lowest BCUT2D eigenvalue weighted by atomic mass is 10.1. The van der Waals surface area contributed by atoms with Crippen LogP contribution in [0.5, 0.6) is 0 Å². The number of rotatable bonds is 6. The summed E-state index contributed by atoms with van der Waals surface area (Å²) in [5, 5.41) is 7.20. The highest BCUT2D eigenvalue weighted by Gasteiger charge is 2.35. The lowest BCUT2D eigenvalue weighted by molar-refractivity contribution is -0.122. The minimum atomic E-state index is -0.0149. The van der Waals surface area contributed by atoms with Crippen molar-refractivity contribution in [1.82, 2.24) is 25.1 Å². The highest BCUT2D eigenvalue weighted by molar-refractivity contribution is 5.76. The first kappa shape index (κ1) is 13.7. The quantitative estimate of drug-likeness (QED) is 0.871. The van der Waals surface area contributed by atoms with Crippen LogP contribution in [0.2, 0.25) is 0 Å². The molecule has 2 aromatic rings. The molecule has 1 aliphatic rings. The van der Waals surface area contributed by atoms with Crippen LogP contribution < -0.4 is 5.32 Å². The van der Waals surface area contributed by atoms with Gasteiger partial charge in [-0.1, -0.05) is 6.07 Å². The monoisotopic (exact) mass is 285 g/mol. The van der Waals surface area contributed by atoms with Crippen molar-refractivity contribution in [2.24, 2.45) is 13.0 Å². The first-order valence-electron chi connectivity index (χ1n) is 7.26. The predicted molar refractivity (Wildman–Crippen MR) is 77.2 cm³/mol. The van der Waals surface area contributed by atoms with E-state index < -0.39 is 0 Å². The Morgan fingerprint density at radius 1 is 1.52 bits per heavy atom. The number of pyridine rings is 1. The summed E-state index contributed by atoms with van der Waals surface area (Å²) in [5.74, 6) is 1.39. The normalized spacial score (nSPS) is 15.7. The van der Waals surface area contributed by atoms with Crippen molar-refractivity contribution < 1.29 is 4.79 Å². The maximum Gasteiger partial charge on any atom is 0.220 e. The third-order valence-electron chi connectivity index (χ3n) is 3.80. The van der Waals surface area contributed by atoms with Crippen LogP contribution in [0.3, 0.4) is 0 Å². The SMILES string of the molecule is Cn1ncnc1[C@H](NC(=O)CCc1cccnc1)C1CC1. The molecule has 1 aliphatic carbocycles. The number of nitrogens with one attached hydrogen (secondary N) is 1. The van der Waals surface area contributed by atoms with Gasteiger partial charge in [0.2, 0.25) is 5.91 Å². The van der Waals surface area contributed by atoms with Crippen molar-refractivity contribution in [2.45, 2.75) is 31.7 Å². The molecule has 0 saturated heterocycles. The average Bonchev–Trinajstić information content (AvgIpc) is 3.26. The largest absolute Gasteiger partial charge is 0.346 e. The van der Waals surface area contributed by atoms with E-state index in [0.29, 0.717) is 18.8 Å². The highest BCUT2D eigenvalue weighted by atomic mass is 16.1. The van der Waals surface area contributed by atoms with E-state index in [2.05, 4.69) is 20.4 Å². The van der Waals surface area contributed by atoms with E-state index in [-0.39, 0.29) is 11.9 Å². The summed E-state index contributed by atoms with van der Waals surface area (Å²) in [6.07, 6.45) is 8.52.